The van der Waals surface area contributed by atoms with E-state index in [4.69, 9.17) is 5.73 Å². The van der Waals surface area contributed by atoms with E-state index in [1.807, 2.05) is 24.5 Å². The van der Waals surface area contributed by atoms with Gasteiger partial charge < -0.3 is 10.3 Å². The van der Waals surface area contributed by atoms with Gasteiger partial charge in [-0.2, -0.15) is 0 Å². The molecule has 3 rings (SSSR count). The summed E-state index contributed by atoms with van der Waals surface area (Å²) in [5, 5.41) is 0. The number of aromatic nitrogens is 2. The third kappa shape index (κ3) is 2.45. The number of imidazole rings is 1. The van der Waals surface area contributed by atoms with Gasteiger partial charge in [0.2, 0.25) is 0 Å². The summed E-state index contributed by atoms with van der Waals surface area (Å²) in [4.78, 5) is 4.52. The molecule has 0 aliphatic heterocycles. The summed E-state index contributed by atoms with van der Waals surface area (Å²) in [6.45, 7) is 4.28. The van der Waals surface area contributed by atoms with Crippen LogP contribution in [0, 0.1) is 6.92 Å². The predicted molar refractivity (Wildman–Crippen MR) is 87.3 cm³/mol. The van der Waals surface area contributed by atoms with Gasteiger partial charge in [-0.15, -0.1) is 0 Å². The highest BCUT2D eigenvalue weighted by molar-refractivity contribution is 5.75. The van der Waals surface area contributed by atoms with Crippen LogP contribution >= 0.6 is 0 Å². The molecule has 2 unspecified atom stereocenters. The SMILES string of the molecule is CCC(N)C(c1ccccc1C)n1cnc2ccccc21. The van der Waals surface area contributed by atoms with Crippen LogP contribution in [0.2, 0.25) is 0 Å². The zero-order valence-corrected chi connectivity index (χ0v) is 12.5. The first-order valence-corrected chi connectivity index (χ1v) is 7.45. The molecule has 0 radical (unpaired) electrons. The summed E-state index contributed by atoms with van der Waals surface area (Å²) in [6, 6.07) is 16.8. The standard InChI is InChI=1S/C18H21N3/c1-3-15(19)18(14-9-5-4-8-13(14)2)21-12-20-16-10-6-7-11-17(16)21/h4-12,15,18H,3,19H2,1-2H3. The Labute approximate surface area is 125 Å². The van der Waals surface area contributed by atoms with Crippen LogP contribution < -0.4 is 5.73 Å². The lowest BCUT2D eigenvalue weighted by molar-refractivity contribution is 0.466. The molecule has 3 heteroatoms. The lowest BCUT2D eigenvalue weighted by atomic mass is 9.94. The molecule has 0 amide bonds. The Morgan fingerprint density at radius 2 is 1.81 bits per heavy atom. The summed E-state index contributed by atoms with van der Waals surface area (Å²) < 4.78 is 2.21. The maximum absolute atomic E-state index is 6.45. The fraction of sp³-hybridized carbons (Fsp3) is 0.278. The zero-order valence-electron chi connectivity index (χ0n) is 12.5. The normalized spacial score (nSPS) is 14.2. The fourth-order valence-electron chi connectivity index (χ4n) is 2.93. The van der Waals surface area contributed by atoms with Gasteiger partial charge in [0.1, 0.15) is 0 Å². The molecule has 3 nitrogen and oxygen atoms in total. The first kappa shape index (κ1) is 13.8. The monoisotopic (exact) mass is 279 g/mol. The number of aryl methyl sites for hydroxylation is 1. The van der Waals surface area contributed by atoms with E-state index in [0.717, 1.165) is 17.5 Å². The predicted octanol–water partition coefficient (Wildman–Crippen LogP) is 3.67. The van der Waals surface area contributed by atoms with E-state index in [2.05, 4.69) is 53.7 Å². The smallest absolute Gasteiger partial charge is 0.0964 e. The lowest BCUT2D eigenvalue weighted by Crippen LogP contribution is -2.32. The quantitative estimate of drug-likeness (QED) is 0.792. The number of nitrogens with two attached hydrogens (primary N) is 1. The fourth-order valence-corrected chi connectivity index (χ4v) is 2.93. The van der Waals surface area contributed by atoms with Gasteiger partial charge in [-0.1, -0.05) is 43.3 Å². The van der Waals surface area contributed by atoms with Gasteiger partial charge >= 0.3 is 0 Å². The Morgan fingerprint density at radius 3 is 2.57 bits per heavy atom. The van der Waals surface area contributed by atoms with E-state index in [9.17, 15) is 0 Å². The lowest BCUT2D eigenvalue weighted by Gasteiger charge is -2.27. The zero-order chi connectivity index (χ0) is 14.8. The molecule has 0 saturated carbocycles. The van der Waals surface area contributed by atoms with E-state index < -0.39 is 0 Å². The van der Waals surface area contributed by atoms with E-state index in [-0.39, 0.29) is 12.1 Å². The maximum Gasteiger partial charge on any atom is 0.0964 e. The Hall–Kier alpha value is -2.13. The average Bonchev–Trinajstić information content (AvgIpc) is 2.93. The second-order valence-corrected chi connectivity index (χ2v) is 5.51. The third-order valence-corrected chi connectivity index (χ3v) is 4.16. The number of hydrogen-bond donors (Lipinski definition) is 1. The summed E-state index contributed by atoms with van der Waals surface area (Å²) in [5.41, 5.74) is 11.1. The number of para-hydroxylation sites is 2. The van der Waals surface area contributed by atoms with Crippen molar-refractivity contribution in [2.45, 2.75) is 32.4 Å². The Balaban J connectivity index is 2.19. The molecule has 0 fully saturated rings. The van der Waals surface area contributed by atoms with Crippen LogP contribution in [0.15, 0.2) is 54.9 Å². The summed E-state index contributed by atoms with van der Waals surface area (Å²) in [7, 11) is 0. The molecule has 3 aromatic rings. The van der Waals surface area contributed by atoms with Gasteiger partial charge in [0, 0.05) is 6.04 Å². The van der Waals surface area contributed by atoms with Crippen molar-refractivity contribution in [2.75, 3.05) is 0 Å². The first-order chi connectivity index (χ1) is 10.2. The topological polar surface area (TPSA) is 43.8 Å². The average molecular weight is 279 g/mol. The van der Waals surface area contributed by atoms with Gasteiger partial charge in [-0.3, -0.25) is 0 Å². The molecule has 2 atom stereocenters. The highest BCUT2D eigenvalue weighted by Gasteiger charge is 2.23. The summed E-state index contributed by atoms with van der Waals surface area (Å²) in [6.07, 6.45) is 2.84. The van der Waals surface area contributed by atoms with E-state index in [1.165, 1.54) is 11.1 Å². The van der Waals surface area contributed by atoms with Crippen molar-refractivity contribution in [3.05, 3.63) is 66.0 Å². The van der Waals surface area contributed by atoms with Gasteiger partial charge in [-0.25, -0.2) is 4.98 Å². The van der Waals surface area contributed by atoms with Crippen molar-refractivity contribution in [1.82, 2.24) is 9.55 Å². The van der Waals surface area contributed by atoms with E-state index in [1.54, 1.807) is 0 Å². The molecule has 1 aromatic heterocycles. The molecule has 0 aliphatic rings. The van der Waals surface area contributed by atoms with Crippen LogP contribution in [0.5, 0.6) is 0 Å². The maximum atomic E-state index is 6.45. The molecule has 0 saturated heterocycles. The van der Waals surface area contributed by atoms with Crippen LogP contribution in [0.4, 0.5) is 0 Å². The second-order valence-electron chi connectivity index (χ2n) is 5.51. The van der Waals surface area contributed by atoms with Crippen molar-refractivity contribution in [2.24, 2.45) is 5.73 Å². The van der Waals surface area contributed by atoms with Crippen LogP contribution in [0.25, 0.3) is 11.0 Å². The second kappa shape index (κ2) is 5.70. The van der Waals surface area contributed by atoms with Crippen molar-refractivity contribution in [3.8, 4) is 0 Å². The number of fused-ring (bicyclic) bond motifs is 1. The van der Waals surface area contributed by atoms with E-state index in [0.29, 0.717) is 0 Å². The molecule has 1 heterocycles. The minimum atomic E-state index is 0.0590. The van der Waals surface area contributed by atoms with Gasteiger partial charge in [-0.05, 0) is 36.6 Å². The number of nitrogens with zero attached hydrogens (tertiary/aromatic N) is 2. The minimum absolute atomic E-state index is 0.0590. The van der Waals surface area contributed by atoms with Crippen molar-refractivity contribution in [3.63, 3.8) is 0 Å². The van der Waals surface area contributed by atoms with Crippen LogP contribution in [0.3, 0.4) is 0 Å². The third-order valence-electron chi connectivity index (χ3n) is 4.16. The molecule has 2 N–H and O–H groups in total. The van der Waals surface area contributed by atoms with E-state index >= 15 is 0 Å². The molecule has 2 aromatic carbocycles. The van der Waals surface area contributed by atoms with Crippen LogP contribution in [-0.4, -0.2) is 15.6 Å². The number of benzene rings is 2. The first-order valence-electron chi connectivity index (χ1n) is 7.45. The van der Waals surface area contributed by atoms with Gasteiger partial charge in [0.25, 0.3) is 0 Å². The van der Waals surface area contributed by atoms with Gasteiger partial charge in [0.05, 0.1) is 23.4 Å². The largest absolute Gasteiger partial charge is 0.326 e. The minimum Gasteiger partial charge on any atom is -0.326 e. The van der Waals surface area contributed by atoms with Crippen LogP contribution in [0.1, 0.15) is 30.5 Å². The number of rotatable bonds is 4. The van der Waals surface area contributed by atoms with Gasteiger partial charge in [0.15, 0.2) is 0 Å². The Morgan fingerprint density at radius 1 is 1.10 bits per heavy atom. The Kier molecular flexibility index (Phi) is 3.76. The van der Waals surface area contributed by atoms with Crippen molar-refractivity contribution >= 4 is 11.0 Å². The molecule has 108 valence electrons. The Bertz CT molecular complexity index is 745. The van der Waals surface area contributed by atoms with Crippen molar-refractivity contribution < 1.29 is 0 Å². The van der Waals surface area contributed by atoms with Crippen LogP contribution in [-0.2, 0) is 0 Å². The molecule has 0 bridgehead atoms. The van der Waals surface area contributed by atoms with Crippen molar-refractivity contribution in [1.29, 1.82) is 0 Å². The molecule has 21 heavy (non-hydrogen) atoms. The molecule has 0 spiro atoms. The molecule has 0 aliphatic carbocycles. The summed E-state index contributed by atoms with van der Waals surface area (Å²) in [5.74, 6) is 0. The number of hydrogen-bond acceptors (Lipinski definition) is 2. The molecular formula is C18H21N3. The highest BCUT2D eigenvalue weighted by Crippen LogP contribution is 2.29. The molecular weight excluding hydrogens is 258 g/mol. The highest BCUT2D eigenvalue weighted by atomic mass is 15.1. The summed E-state index contributed by atoms with van der Waals surface area (Å²) >= 11 is 0.